The van der Waals surface area contributed by atoms with Crippen LogP contribution in [0.5, 0.6) is 0 Å². The lowest BCUT2D eigenvalue weighted by molar-refractivity contribution is 0.0694. The molecule has 1 rings (SSSR count). The Kier molecular flexibility index (Phi) is 3.78. The average Bonchev–Trinajstić information content (AvgIpc) is 2.20. The molecule has 0 heterocycles. The van der Waals surface area contributed by atoms with Crippen molar-refractivity contribution < 1.29 is 9.90 Å². The van der Waals surface area contributed by atoms with E-state index in [9.17, 15) is 9.90 Å². The summed E-state index contributed by atoms with van der Waals surface area (Å²) < 4.78 is 0. The predicted molar refractivity (Wildman–Crippen MR) is 69.0 cm³/mol. The molecule has 4 N–H and O–H groups in total. The van der Waals surface area contributed by atoms with Gasteiger partial charge in [0.15, 0.2) is 0 Å². The molecule has 0 unspecified atom stereocenters. The smallest absolute Gasteiger partial charge is 0.251 e. The summed E-state index contributed by atoms with van der Waals surface area (Å²) in [5.74, 6) is -0.196. The van der Waals surface area contributed by atoms with Crippen molar-refractivity contribution in [1.82, 2.24) is 5.32 Å². The van der Waals surface area contributed by atoms with E-state index in [2.05, 4.69) is 5.32 Å². The second-order valence-electron chi connectivity index (χ2n) is 5.02. The van der Waals surface area contributed by atoms with Gasteiger partial charge >= 0.3 is 0 Å². The van der Waals surface area contributed by atoms with E-state index in [0.717, 1.165) is 11.1 Å². The van der Waals surface area contributed by atoms with Crippen molar-refractivity contribution in [3.05, 3.63) is 28.8 Å². The summed E-state index contributed by atoms with van der Waals surface area (Å²) in [5, 5.41) is 12.2. The van der Waals surface area contributed by atoms with Crippen LogP contribution in [0.4, 0.5) is 5.69 Å². The first-order chi connectivity index (χ1) is 7.70. The molecule has 0 aliphatic carbocycles. The van der Waals surface area contributed by atoms with Crippen LogP contribution >= 0.6 is 0 Å². The standard InChI is InChI=1S/C13H20N2O2/c1-8-5-10(6-9(2)11(8)14)12(16)15-7-13(3,4)17/h5-6,17H,7,14H2,1-4H3,(H,15,16). The maximum atomic E-state index is 11.8. The van der Waals surface area contributed by atoms with Crippen LogP contribution in [0.3, 0.4) is 0 Å². The van der Waals surface area contributed by atoms with E-state index in [-0.39, 0.29) is 12.5 Å². The minimum atomic E-state index is -0.909. The van der Waals surface area contributed by atoms with Crippen molar-refractivity contribution in [2.45, 2.75) is 33.3 Å². The van der Waals surface area contributed by atoms with Crippen molar-refractivity contribution in [3.63, 3.8) is 0 Å². The fourth-order valence-corrected chi connectivity index (χ4v) is 1.50. The van der Waals surface area contributed by atoms with Crippen LogP contribution in [-0.2, 0) is 0 Å². The van der Waals surface area contributed by atoms with Crippen LogP contribution in [0.1, 0.15) is 35.3 Å². The number of nitrogens with one attached hydrogen (secondary N) is 1. The summed E-state index contributed by atoms with van der Waals surface area (Å²) in [6, 6.07) is 3.50. The minimum absolute atomic E-state index is 0.196. The Morgan fingerprint density at radius 1 is 1.35 bits per heavy atom. The highest BCUT2D eigenvalue weighted by atomic mass is 16.3. The zero-order chi connectivity index (χ0) is 13.2. The highest BCUT2D eigenvalue weighted by Gasteiger charge is 2.15. The van der Waals surface area contributed by atoms with E-state index < -0.39 is 5.60 Å². The normalized spacial score (nSPS) is 11.4. The lowest BCUT2D eigenvalue weighted by Gasteiger charge is -2.18. The zero-order valence-electron chi connectivity index (χ0n) is 10.8. The number of aliphatic hydroxyl groups is 1. The summed E-state index contributed by atoms with van der Waals surface area (Å²) in [6.45, 7) is 7.25. The molecule has 0 fully saturated rings. The Bertz CT molecular complexity index is 411. The van der Waals surface area contributed by atoms with Crippen LogP contribution in [0.25, 0.3) is 0 Å². The Hall–Kier alpha value is -1.55. The molecule has 1 aromatic rings. The van der Waals surface area contributed by atoms with Gasteiger partial charge in [-0.1, -0.05) is 0 Å². The number of nitrogen functional groups attached to an aromatic ring is 1. The summed E-state index contributed by atoms with van der Waals surface area (Å²) >= 11 is 0. The molecule has 0 saturated carbocycles. The largest absolute Gasteiger partial charge is 0.398 e. The Balaban J connectivity index is 2.84. The Morgan fingerprint density at radius 3 is 2.24 bits per heavy atom. The molecule has 0 spiro atoms. The third-order valence-electron chi connectivity index (χ3n) is 2.54. The van der Waals surface area contributed by atoms with E-state index in [1.807, 2.05) is 13.8 Å². The monoisotopic (exact) mass is 236 g/mol. The Labute approximate surface area is 102 Å². The average molecular weight is 236 g/mol. The maximum absolute atomic E-state index is 11.8. The second-order valence-corrected chi connectivity index (χ2v) is 5.02. The van der Waals surface area contributed by atoms with Gasteiger partial charge in [-0.05, 0) is 51.0 Å². The van der Waals surface area contributed by atoms with Gasteiger partial charge in [0.25, 0.3) is 5.91 Å². The number of rotatable bonds is 3. The molecule has 17 heavy (non-hydrogen) atoms. The third kappa shape index (κ3) is 3.75. The molecule has 1 amide bonds. The molecule has 4 heteroatoms. The van der Waals surface area contributed by atoms with Crippen LogP contribution in [-0.4, -0.2) is 23.2 Å². The number of anilines is 1. The number of aryl methyl sites for hydroxylation is 2. The van der Waals surface area contributed by atoms with Crippen molar-refractivity contribution in [2.75, 3.05) is 12.3 Å². The SMILES string of the molecule is Cc1cc(C(=O)NCC(C)(C)O)cc(C)c1N. The van der Waals surface area contributed by atoms with Crippen molar-refractivity contribution in [3.8, 4) is 0 Å². The number of nitrogens with two attached hydrogens (primary N) is 1. The molecular formula is C13H20N2O2. The van der Waals surface area contributed by atoms with E-state index >= 15 is 0 Å². The second kappa shape index (κ2) is 4.75. The lowest BCUT2D eigenvalue weighted by atomic mass is 10.0. The molecule has 0 saturated heterocycles. The van der Waals surface area contributed by atoms with Crippen molar-refractivity contribution >= 4 is 11.6 Å². The van der Waals surface area contributed by atoms with Crippen LogP contribution < -0.4 is 11.1 Å². The highest BCUT2D eigenvalue weighted by molar-refractivity contribution is 5.95. The molecule has 0 radical (unpaired) electrons. The molecule has 4 nitrogen and oxygen atoms in total. The van der Waals surface area contributed by atoms with Gasteiger partial charge in [-0.3, -0.25) is 4.79 Å². The summed E-state index contributed by atoms with van der Waals surface area (Å²) in [6.07, 6.45) is 0. The van der Waals surface area contributed by atoms with E-state index in [1.165, 1.54) is 0 Å². The van der Waals surface area contributed by atoms with Gasteiger partial charge in [0.2, 0.25) is 0 Å². The highest BCUT2D eigenvalue weighted by Crippen LogP contribution is 2.18. The molecular weight excluding hydrogens is 216 g/mol. The molecule has 0 aliphatic heterocycles. The van der Waals surface area contributed by atoms with E-state index in [1.54, 1.807) is 26.0 Å². The molecule has 1 aromatic carbocycles. The predicted octanol–water partition coefficient (Wildman–Crippen LogP) is 1.39. The molecule has 94 valence electrons. The first kappa shape index (κ1) is 13.5. The fourth-order valence-electron chi connectivity index (χ4n) is 1.50. The van der Waals surface area contributed by atoms with E-state index in [0.29, 0.717) is 11.3 Å². The van der Waals surface area contributed by atoms with Crippen molar-refractivity contribution in [1.29, 1.82) is 0 Å². The zero-order valence-corrected chi connectivity index (χ0v) is 10.8. The summed E-state index contributed by atoms with van der Waals surface area (Å²) in [5.41, 5.74) is 7.97. The van der Waals surface area contributed by atoms with Gasteiger partial charge in [-0.15, -0.1) is 0 Å². The van der Waals surface area contributed by atoms with Crippen LogP contribution in [0.2, 0.25) is 0 Å². The number of carbonyl (C=O) groups is 1. The first-order valence-electron chi connectivity index (χ1n) is 5.58. The summed E-state index contributed by atoms with van der Waals surface area (Å²) in [7, 11) is 0. The third-order valence-corrected chi connectivity index (χ3v) is 2.54. The van der Waals surface area contributed by atoms with Gasteiger partial charge in [0.1, 0.15) is 0 Å². The van der Waals surface area contributed by atoms with Gasteiger partial charge in [0.05, 0.1) is 5.60 Å². The summed E-state index contributed by atoms with van der Waals surface area (Å²) in [4.78, 5) is 11.8. The minimum Gasteiger partial charge on any atom is -0.398 e. The molecule has 0 aliphatic rings. The fraction of sp³-hybridized carbons (Fsp3) is 0.462. The van der Waals surface area contributed by atoms with E-state index in [4.69, 9.17) is 5.73 Å². The maximum Gasteiger partial charge on any atom is 0.251 e. The lowest BCUT2D eigenvalue weighted by Crippen LogP contribution is -2.38. The number of amides is 1. The molecule has 0 bridgehead atoms. The van der Waals surface area contributed by atoms with Crippen LogP contribution in [0.15, 0.2) is 12.1 Å². The van der Waals surface area contributed by atoms with Gasteiger partial charge in [-0.25, -0.2) is 0 Å². The van der Waals surface area contributed by atoms with Gasteiger partial charge < -0.3 is 16.2 Å². The van der Waals surface area contributed by atoms with Crippen molar-refractivity contribution in [2.24, 2.45) is 0 Å². The molecule has 0 atom stereocenters. The number of benzene rings is 1. The quantitative estimate of drug-likeness (QED) is 0.694. The number of hydrogen-bond acceptors (Lipinski definition) is 3. The molecule has 0 aromatic heterocycles. The number of carbonyl (C=O) groups excluding carboxylic acids is 1. The Morgan fingerprint density at radius 2 is 1.82 bits per heavy atom. The van der Waals surface area contributed by atoms with Gasteiger partial charge in [0, 0.05) is 17.8 Å². The van der Waals surface area contributed by atoms with Gasteiger partial charge in [-0.2, -0.15) is 0 Å². The first-order valence-corrected chi connectivity index (χ1v) is 5.58. The van der Waals surface area contributed by atoms with Crippen LogP contribution in [0, 0.1) is 13.8 Å². The topological polar surface area (TPSA) is 75.3 Å². The number of hydrogen-bond donors (Lipinski definition) is 3.